The van der Waals surface area contributed by atoms with Crippen LogP contribution in [0.25, 0.3) is 0 Å². The van der Waals surface area contributed by atoms with Crippen molar-refractivity contribution in [1.29, 1.82) is 0 Å². The first-order chi connectivity index (χ1) is 12.3. The van der Waals surface area contributed by atoms with Gasteiger partial charge in [-0.3, -0.25) is 0 Å². The van der Waals surface area contributed by atoms with Gasteiger partial charge in [0.2, 0.25) is 0 Å². The van der Waals surface area contributed by atoms with Crippen LogP contribution in [0.15, 0.2) is 81.9 Å². The molecule has 3 heteroatoms. The second kappa shape index (κ2) is 9.51. The minimum absolute atomic E-state index is 0.366. The van der Waals surface area contributed by atoms with Crippen LogP contribution in [0.4, 0.5) is 0 Å². The van der Waals surface area contributed by atoms with Gasteiger partial charge in [-0.25, -0.2) is 0 Å². The van der Waals surface area contributed by atoms with Crippen LogP contribution in [-0.2, 0) is 0 Å². The maximum atomic E-state index is 11.2. The zero-order valence-corrected chi connectivity index (χ0v) is 16.1. The summed E-state index contributed by atoms with van der Waals surface area (Å²) in [4.78, 5) is 2.51. The Morgan fingerprint density at radius 1 is 0.960 bits per heavy atom. The molecule has 0 spiro atoms. The summed E-state index contributed by atoms with van der Waals surface area (Å²) in [6.07, 6.45) is 7.65. The molecule has 2 atom stereocenters. The van der Waals surface area contributed by atoms with Crippen molar-refractivity contribution >= 4 is 23.5 Å². The molecule has 1 aliphatic rings. The molecule has 3 rings (SSSR count). The van der Waals surface area contributed by atoms with E-state index in [1.807, 2.05) is 12.1 Å². The first kappa shape index (κ1) is 18.6. The Labute approximate surface area is 159 Å². The molecule has 0 radical (unpaired) electrons. The van der Waals surface area contributed by atoms with Gasteiger partial charge in [0.1, 0.15) is 0 Å². The lowest BCUT2D eigenvalue weighted by atomic mass is 9.75. The van der Waals surface area contributed by atoms with Crippen LogP contribution in [0.2, 0.25) is 0 Å². The van der Waals surface area contributed by atoms with E-state index in [1.54, 1.807) is 23.5 Å². The van der Waals surface area contributed by atoms with E-state index in [-0.39, 0.29) is 0 Å². The van der Waals surface area contributed by atoms with Gasteiger partial charge in [-0.15, -0.1) is 11.8 Å². The standard InChI is InChI=1S/C22H26OS2/c23-22(18-25-21-14-5-2-6-15-21)16-8-7-10-19(22)11-9-17-24-20-12-3-1-4-13-20/h1-6,9,12-15,17,19,23H,7-8,10-11,16,18H2/b17-9+/t19-,22+/m1/s1. The summed E-state index contributed by atoms with van der Waals surface area (Å²) in [5.41, 5.74) is -0.541. The number of hydrogen-bond acceptors (Lipinski definition) is 3. The summed E-state index contributed by atoms with van der Waals surface area (Å²) >= 11 is 3.54. The summed E-state index contributed by atoms with van der Waals surface area (Å²) in [6.45, 7) is 0. The van der Waals surface area contributed by atoms with Crippen LogP contribution in [0, 0.1) is 5.92 Å². The van der Waals surface area contributed by atoms with Crippen LogP contribution in [0.1, 0.15) is 32.1 Å². The maximum Gasteiger partial charge on any atom is 0.0772 e. The lowest BCUT2D eigenvalue weighted by Crippen LogP contribution is -2.42. The molecule has 0 heterocycles. The highest BCUT2D eigenvalue weighted by Gasteiger charge is 2.37. The Kier molecular flexibility index (Phi) is 7.09. The molecule has 1 N–H and O–H groups in total. The predicted molar refractivity (Wildman–Crippen MR) is 110 cm³/mol. The molecule has 1 saturated carbocycles. The third-order valence-electron chi connectivity index (χ3n) is 4.87. The van der Waals surface area contributed by atoms with Gasteiger partial charge in [0.15, 0.2) is 0 Å². The largest absolute Gasteiger partial charge is 0.389 e. The van der Waals surface area contributed by atoms with Crippen LogP contribution >= 0.6 is 23.5 Å². The highest BCUT2D eigenvalue weighted by atomic mass is 32.2. The Morgan fingerprint density at radius 2 is 1.64 bits per heavy atom. The second-order valence-electron chi connectivity index (χ2n) is 6.69. The van der Waals surface area contributed by atoms with Crippen LogP contribution in [-0.4, -0.2) is 16.5 Å². The van der Waals surface area contributed by atoms with Crippen molar-refractivity contribution in [3.8, 4) is 0 Å². The Bertz CT molecular complexity index is 656. The summed E-state index contributed by atoms with van der Waals surface area (Å²) in [6, 6.07) is 20.9. The Balaban J connectivity index is 1.54. The molecule has 0 aromatic heterocycles. The van der Waals surface area contributed by atoms with Crippen LogP contribution in [0.3, 0.4) is 0 Å². The van der Waals surface area contributed by atoms with E-state index in [0.717, 1.165) is 31.4 Å². The minimum Gasteiger partial charge on any atom is -0.389 e. The Hall–Kier alpha value is -1.16. The lowest BCUT2D eigenvalue weighted by Gasteiger charge is -2.39. The molecule has 0 bridgehead atoms. The number of hydrogen-bond donors (Lipinski definition) is 1. The highest BCUT2D eigenvalue weighted by molar-refractivity contribution is 8.02. The molecule has 0 amide bonds. The average Bonchev–Trinajstić information content (AvgIpc) is 2.67. The zero-order valence-electron chi connectivity index (χ0n) is 14.5. The number of allylic oxidation sites excluding steroid dienone is 1. The smallest absolute Gasteiger partial charge is 0.0772 e. The highest BCUT2D eigenvalue weighted by Crippen LogP contribution is 2.40. The molecule has 25 heavy (non-hydrogen) atoms. The first-order valence-corrected chi connectivity index (χ1v) is 10.9. The van der Waals surface area contributed by atoms with Crippen molar-refractivity contribution in [3.63, 3.8) is 0 Å². The van der Waals surface area contributed by atoms with Crippen LogP contribution < -0.4 is 0 Å². The van der Waals surface area contributed by atoms with Crippen molar-refractivity contribution in [2.45, 2.75) is 47.5 Å². The molecule has 2 aromatic rings. The van der Waals surface area contributed by atoms with Gasteiger partial charge in [-0.05, 0) is 54.9 Å². The third kappa shape index (κ3) is 5.67. The fourth-order valence-corrected chi connectivity index (χ4v) is 5.22. The SMILES string of the molecule is O[C@]1(CSc2ccccc2)CCCC[C@@H]1C/C=C/Sc1ccccc1. The minimum atomic E-state index is -0.541. The monoisotopic (exact) mass is 370 g/mol. The molecule has 0 unspecified atom stereocenters. The second-order valence-corrected chi connectivity index (χ2v) is 8.71. The number of aliphatic hydroxyl groups is 1. The van der Waals surface area contributed by atoms with Gasteiger partial charge in [0, 0.05) is 15.5 Å². The molecular weight excluding hydrogens is 344 g/mol. The molecule has 0 saturated heterocycles. The predicted octanol–water partition coefficient (Wildman–Crippen LogP) is 6.40. The summed E-state index contributed by atoms with van der Waals surface area (Å²) in [5, 5.41) is 13.4. The van der Waals surface area contributed by atoms with Gasteiger partial charge >= 0.3 is 0 Å². The van der Waals surface area contributed by atoms with Gasteiger partial charge in [0.25, 0.3) is 0 Å². The fourth-order valence-electron chi connectivity index (χ4n) is 3.39. The average molecular weight is 371 g/mol. The van der Waals surface area contributed by atoms with Crippen molar-refractivity contribution < 1.29 is 5.11 Å². The van der Waals surface area contributed by atoms with Crippen molar-refractivity contribution in [1.82, 2.24) is 0 Å². The van der Waals surface area contributed by atoms with E-state index in [2.05, 4.69) is 60.0 Å². The summed E-state index contributed by atoms with van der Waals surface area (Å²) in [7, 11) is 0. The molecule has 1 aliphatic carbocycles. The molecule has 2 aromatic carbocycles. The summed E-state index contributed by atoms with van der Waals surface area (Å²) < 4.78 is 0. The van der Waals surface area contributed by atoms with E-state index >= 15 is 0 Å². The van der Waals surface area contributed by atoms with Crippen LogP contribution in [0.5, 0.6) is 0 Å². The fraction of sp³-hybridized carbons (Fsp3) is 0.364. The van der Waals surface area contributed by atoms with E-state index in [4.69, 9.17) is 0 Å². The Morgan fingerprint density at radius 3 is 2.36 bits per heavy atom. The van der Waals surface area contributed by atoms with Crippen molar-refractivity contribution in [2.24, 2.45) is 5.92 Å². The van der Waals surface area contributed by atoms with E-state index in [9.17, 15) is 5.11 Å². The topological polar surface area (TPSA) is 20.2 Å². The third-order valence-corrected chi connectivity index (χ3v) is 6.99. The van der Waals surface area contributed by atoms with Crippen molar-refractivity contribution in [3.05, 3.63) is 72.1 Å². The maximum absolute atomic E-state index is 11.2. The van der Waals surface area contributed by atoms with E-state index < -0.39 is 5.60 Å². The number of rotatable bonds is 7. The molecule has 0 aliphatic heterocycles. The molecule has 132 valence electrons. The lowest BCUT2D eigenvalue weighted by molar-refractivity contribution is -0.0258. The quantitative estimate of drug-likeness (QED) is 0.570. The molecular formula is C22H26OS2. The normalized spacial score (nSPS) is 23.8. The zero-order chi connectivity index (χ0) is 17.4. The van der Waals surface area contributed by atoms with Crippen molar-refractivity contribution in [2.75, 3.05) is 5.75 Å². The first-order valence-electron chi connectivity index (χ1n) is 9.03. The van der Waals surface area contributed by atoms with E-state index in [0.29, 0.717) is 5.92 Å². The van der Waals surface area contributed by atoms with Gasteiger partial charge < -0.3 is 5.11 Å². The molecule has 1 fully saturated rings. The number of thioether (sulfide) groups is 2. The van der Waals surface area contributed by atoms with E-state index in [1.165, 1.54) is 16.2 Å². The van der Waals surface area contributed by atoms with Gasteiger partial charge in [-0.1, -0.05) is 67.1 Å². The van der Waals surface area contributed by atoms with Gasteiger partial charge in [-0.2, -0.15) is 0 Å². The summed E-state index contributed by atoms with van der Waals surface area (Å²) in [5.74, 6) is 1.16. The number of benzene rings is 2. The van der Waals surface area contributed by atoms with Gasteiger partial charge in [0.05, 0.1) is 5.60 Å². The molecule has 1 nitrogen and oxygen atoms in total.